The third kappa shape index (κ3) is 3.70. The van der Waals surface area contributed by atoms with Crippen LogP contribution >= 0.6 is 0 Å². The van der Waals surface area contributed by atoms with Crippen molar-refractivity contribution < 1.29 is 9.59 Å². The number of Topliss-reactive ketones (excluding diaryl/α,β-unsaturated/α-hetero) is 1. The molecule has 1 rings (SSSR count). The van der Waals surface area contributed by atoms with Gasteiger partial charge in [0.25, 0.3) is 0 Å². The van der Waals surface area contributed by atoms with E-state index in [1.54, 1.807) is 6.07 Å². The van der Waals surface area contributed by atoms with Crippen LogP contribution in [-0.4, -0.2) is 18.2 Å². The molecule has 0 radical (unpaired) electrons. The quantitative estimate of drug-likeness (QED) is 0.800. The minimum absolute atomic E-state index is 0.140. The third-order valence-corrected chi connectivity index (χ3v) is 2.75. The zero-order valence-corrected chi connectivity index (χ0v) is 10.5. The lowest BCUT2D eigenvalue weighted by Gasteiger charge is -2.14. The molecule has 0 aliphatic heterocycles. The highest BCUT2D eigenvalue weighted by Gasteiger charge is 2.22. The largest absolute Gasteiger partial charge is 0.354 e. The van der Waals surface area contributed by atoms with Gasteiger partial charge in [-0.25, -0.2) is 0 Å². The maximum atomic E-state index is 11.6. The summed E-state index contributed by atoms with van der Waals surface area (Å²) in [6.45, 7) is 3.63. The van der Waals surface area contributed by atoms with E-state index in [2.05, 4.69) is 5.32 Å². The van der Waals surface area contributed by atoms with Gasteiger partial charge in [0.15, 0.2) is 11.7 Å². The van der Waals surface area contributed by atoms with Crippen LogP contribution in [0, 0.1) is 17.2 Å². The van der Waals surface area contributed by atoms with E-state index >= 15 is 0 Å². The molecular weight excluding hydrogens is 228 g/mol. The van der Waals surface area contributed by atoms with Gasteiger partial charge in [0.2, 0.25) is 5.91 Å². The van der Waals surface area contributed by atoms with Crippen molar-refractivity contribution in [2.75, 3.05) is 6.54 Å². The number of nitrogens with one attached hydrogen (secondary N) is 1. The lowest BCUT2D eigenvalue weighted by Crippen LogP contribution is -2.35. The first-order chi connectivity index (χ1) is 8.56. The maximum absolute atomic E-state index is 11.6. The Bertz CT molecular complexity index is 462. The Labute approximate surface area is 107 Å². The molecule has 4 nitrogen and oxygen atoms in total. The minimum atomic E-state index is -1.20. The van der Waals surface area contributed by atoms with E-state index in [1.165, 1.54) is 6.92 Å². The van der Waals surface area contributed by atoms with E-state index < -0.39 is 17.6 Å². The van der Waals surface area contributed by atoms with Crippen LogP contribution in [0.15, 0.2) is 30.3 Å². The molecule has 2 unspecified atom stereocenters. The average molecular weight is 244 g/mol. The Morgan fingerprint density at radius 1 is 1.33 bits per heavy atom. The number of nitrogens with zero attached hydrogens (tertiary/aromatic N) is 1. The van der Waals surface area contributed by atoms with Crippen LogP contribution < -0.4 is 5.32 Å². The molecule has 0 bridgehead atoms. The average Bonchev–Trinajstić information content (AvgIpc) is 2.37. The fourth-order valence-corrected chi connectivity index (χ4v) is 1.59. The van der Waals surface area contributed by atoms with Crippen molar-refractivity contribution in [1.82, 2.24) is 5.32 Å². The van der Waals surface area contributed by atoms with Crippen molar-refractivity contribution in [2.45, 2.75) is 19.8 Å². The van der Waals surface area contributed by atoms with Crippen LogP contribution in [0.2, 0.25) is 0 Å². The van der Waals surface area contributed by atoms with E-state index in [4.69, 9.17) is 5.26 Å². The van der Waals surface area contributed by atoms with Crippen molar-refractivity contribution in [3.05, 3.63) is 35.9 Å². The number of ketones is 1. The first kappa shape index (κ1) is 13.9. The topological polar surface area (TPSA) is 70.0 Å². The molecule has 18 heavy (non-hydrogen) atoms. The van der Waals surface area contributed by atoms with E-state index in [9.17, 15) is 9.59 Å². The molecule has 0 spiro atoms. The third-order valence-electron chi connectivity index (χ3n) is 2.75. The maximum Gasteiger partial charge on any atom is 0.245 e. The molecule has 0 fully saturated rings. The minimum Gasteiger partial charge on any atom is -0.354 e. The monoisotopic (exact) mass is 244 g/mol. The van der Waals surface area contributed by atoms with E-state index in [0.29, 0.717) is 6.54 Å². The smallest absolute Gasteiger partial charge is 0.245 e. The number of carbonyl (C=O) groups excluding carboxylic acids is 2. The van der Waals surface area contributed by atoms with E-state index in [1.807, 2.05) is 37.3 Å². The van der Waals surface area contributed by atoms with Crippen molar-refractivity contribution in [1.29, 1.82) is 5.26 Å². The van der Waals surface area contributed by atoms with Gasteiger partial charge < -0.3 is 5.32 Å². The fraction of sp³-hybridized carbons (Fsp3) is 0.357. The summed E-state index contributed by atoms with van der Waals surface area (Å²) in [6.07, 6.45) is 0. The zero-order valence-electron chi connectivity index (χ0n) is 10.5. The molecule has 94 valence electrons. The summed E-state index contributed by atoms with van der Waals surface area (Å²) < 4.78 is 0. The van der Waals surface area contributed by atoms with Crippen LogP contribution in [-0.2, 0) is 9.59 Å². The lowest BCUT2D eigenvalue weighted by atomic mass is 10.0. The highest BCUT2D eigenvalue weighted by molar-refractivity contribution is 6.02. The van der Waals surface area contributed by atoms with Crippen LogP contribution in [0.25, 0.3) is 0 Å². The first-order valence-corrected chi connectivity index (χ1v) is 5.79. The molecule has 0 aromatic heterocycles. The molecule has 2 atom stereocenters. The molecule has 4 heteroatoms. The van der Waals surface area contributed by atoms with E-state index in [-0.39, 0.29) is 5.92 Å². The van der Waals surface area contributed by atoms with Crippen LogP contribution in [0.1, 0.15) is 25.3 Å². The molecule has 0 heterocycles. The van der Waals surface area contributed by atoms with Gasteiger partial charge in [-0.3, -0.25) is 9.59 Å². The molecule has 1 amide bonds. The van der Waals surface area contributed by atoms with Crippen molar-refractivity contribution in [3.63, 3.8) is 0 Å². The molecule has 1 aromatic carbocycles. The molecule has 0 aliphatic rings. The highest BCUT2D eigenvalue weighted by Crippen LogP contribution is 2.13. The van der Waals surface area contributed by atoms with Gasteiger partial charge in [-0.05, 0) is 18.4 Å². The van der Waals surface area contributed by atoms with Gasteiger partial charge in [-0.2, -0.15) is 5.26 Å². The number of rotatable bonds is 5. The lowest BCUT2D eigenvalue weighted by molar-refractivity contribution is -0.130. The summed E-state index contributed by atoms with van der Waals surface area (Å²) in [7, 11) is 0. The van der Waals surface area contributed by atoms with Gasteiger partial charge in [0, 0.05) is 6.54 Å². The second-order valence-electron chi connectivity index (χ2n) is 4.23. The number of amides is 1. The van der Waals surface area contributed by atoms with Gasteiger partial charge in [0.05, 0.1) is 6.07 Å². The van der Waals surface area contributed by atoms with Gasteiger partial charge in [-0.15, -0.1) is 0 Å². The predicted molar refractivity (Wildman–Crippen MR) is 67.7 cm³/mol. The van der Waals surface area contributed by atoms with Crippen molar-refractivity contribution in [2.24, 2.45) is 5.92 Å². The van der Waals surface area contributed by atoms with Crippen LogP contribution in [0.4, 0.5) is 0 Å². The number of carbonyl (C=O) groups is 2. The molecule has 0 saturated heterocycles. The van der Waals surface area contributed by atoms with Crippen LogP contribution in [0.5, 0.6) is 0 Å². The Morgan fingerprint density at radius 3 is 2.44 bits per heavy atom. The van der Waals surface area contributed by atoms with Gasteiger partial charge >= 0.3 is 0 Å². The zero-order chi connectivity index (χ0) is 13.5. The molecule has 0 saturated carbocycles. The summed E-state index contributed by atoms with van der Waals surface area (Å²) in [6, 6.07) is 11.4. The standard InChI is InChI=1S/C14H16N2O2/c1-10(12-6-4-3-5-7-12)9-16-14(18)13(8-15)11(2)17/h3-7,10,13H,9H2,1-2H3,(H,16,18). The molecular formula is C14H16N2O2. The van der Waals surface area contributed by atoms with Gasteiger partial charge in [-0.1, -0.05) is 37.3 Å². The summed E-state index contributed by atoms with van der Waals surface area (Å²) >= 11 is 0. The van der Waals surface area contributed by atoms with E-state index in [0.717, 1.165) is 5.56 Å². The summed E-state index contributed by atoms with van der Waals surface area (Å²) in [5.74, 6) is -2.01. The second-order valence-corrected chi connectivity index (χ2v) is 4.23. The first-order valence-electron chi connectivity index (χ1n) is 5.79. The Balaban J connectivity index is 2.54. The number of hydrogen-bond acceptors (Lipinski definition) is 3. The number of hydrogen-bond donors (Lipinski definition) is 1. The molecule has 1 aromatic rings. The summed E-state index contributed by atoms with van der Waals surface area (Å²) in [5, 5.41) is 11.3. The second kappa shape index (κ2) is 6.55. The molecule has 1 N–H and O–H groups in total. The molecule has 0 aliphatic carbocycles. The van der Waals surface area contributed by atoms with Crippen molar-refractivity contribution in [3.8, 4) is 6.07 Å². The summed E-state index contributed by atoms with van der Waals surface area (Å²) in [4.78, 5) is 22.6. The highest BCUT2D eigenvalue weighted by atomic mass is 16.2. The Kier molecular flexibility index (Phi) is 5.06. The van der Waals surface area contributed by atoms with Gasteiger partial charge in [0.1, 0.15) is 0 Å². The SMILES string of the molecule is CC(=O)C(C#N)C(=O)NCC(C)c1ccccc1. The summed E-state index contributed by atoms with van der Waals surface area (Å²) in [5.41, 5.74) is 1.11. The normalized spacial score (nSPS) is 13.2. The number of nitriles is 1. The fourth-order valence-electron chi connectivity index (χ4n) is 1.59. The van der Waals surface area contributed by atoms with Crippen LogP contribution in [0.3, 0.4) is 0 Å². The van der Waals surface area contributed by atoms with Crippen molar-refractivity contribution >= 4 is 11.7 Å². The Morgan fingerprint density at radius 2 is 1.94 bits per heavy atom. The number of benzene rings is 1. The predicted octanol–water partition coefficient (Wildman–Crippen LogP) is 1.64. The Hall–Kier alpha value is -2.15.